The van der Waals surface area contributed by atoms with E-state index in [0.29, 0.717) is 29.5 Å². The van der Waals surface area contributed by atoms with E-state index in [1.165, 1.54) is 0 Å². The number of rotatable bonds is 0. The van der Waals surface area contributed by atoms with E-state index in [2.05, 4.69) is 13.8 Å². The summed E-state index contributed by atoms with van der Waals surface area (Å²) in [4.78, 5) is 11.3. The first-order chi connectivity index (χ1) is 4.55. The first-order valence-corrected chi connectivity index (χ1v) is 4.09. The molecule has 0 N–H and O–H groups in total. The predicted octanol–water partition coefficient (Wildman–Crippen LogP) is 2.11. The van der Waals surface area contributed by atoms with Crippen molar-refractivity contribution in [3.63, 3.8) is 0 Å². The summed E-state index contributed by atoms with van der Waals surface area (Å²) in [5.74, 6) is 2.22. The number of Topliss-reactive ketones (excluding diaryl/α,β-unsaturated/α-hetero) is 1. The van der Waals surface area contributed by atoms with Gasteiger partial charge in [0.05, 0.1) is 0 Å². The molecule has 1 aliphatic rings. The third-order valence-corrected chi connectivity index (χ3v) is 3.30. The molecule has 0 radical (unpaired) electrons. The fourth-order valence-corrected chi connectivity index (χ4v) is 1.84. The summed E-state index contributed by atoms with van der Waals surface area (Å²) in [6.45, 7) is 8.45. The second-order valence-electron chi connectivity index (χ2n) is 3.70. The van der Waals surface area contributed by atoms with E-state index in [9.17, 15) is 4.79 Å². The Labute approximate surface area is 62.8 Å². The summed E-state index contributed by atoms with van der Waals surface area (Å²) in [7, 11) is 0. The number of hydrogen-bond donors (Lipinski definition) is 0. The van der Waals surface area contributed by atoms with Crippen molar-refractivity contribution in [2.45, 2.75) is 27.7 Å². The lowest BCUT2D eigenvalue weighted by Crippen LogP contribution is -2.10. The highest BCUT2D eigenvalue weighted by molar-refractivity contribution is 5.85. The minimum Gasteiger partial charge on any atom is -0.299 e. The lowest BCUT2D eigenvalue weighted by Gasteiger charge is -2.12. The molecule has 0 aromatic carbocycles. The topological polar surface area (TPSA) is 17.1 Å². The van der Waals surface area contributed by atoms with Gasteiger partial charge in [0.25, 0.3) is 0 Å². The van der Waals surface area contributed by atoms with Gasteiger partial charge in [-0.1, -0.05) is 27.7 Å². The molecule has 1 nitrogen and oxygen atoms in total. The second kappa shape index (κ2) is 2.37. The van der Waals surface area contributed by atoms with Gasteiger partial charge in [0, 0.05) is 11.8 Å². The summed E-state index contributed by atoms with van der Waals surface area (Å²) < 4.78 is 0. The highest BCUT2D eigenvalue weighted by Gasteiger charge is 2.39. The SMILES string of the molecule is CC1C(=O)C(C)C(C)C1C. The van der Waals surface area contributed by atoms with Crippen LogP contribution >= 0.6 is 0 Å². The first kappa shape index (κ1) is 7.77. The summed E-state index contributed by atoms with van der Waals surface area (Å²) in [5.41, 5.74) is 0. The number of carbonyl (C=O) groups is 1. The second-order valence-corrected chi connectivity index (χ2v) is 3.70. The van der Waals surface area contributed by atoms with Crippen LogP contribution in [0, 0.1) is 23.7 Å². The van der Waals surface area contributed by atoms with Crippen molar-refractivity contribution in [1.29, 1.82) is 0 Å². The van der Waals surface area contributed by atoms with Crippen molar-refractivity contribution in [3.05, 3.63) is 0 Å². The third kappa shape index (κ3) is 0.882. The van der Waals surface area contributed by atoms with Crippen LogP contribution in [0.2, 0.25) is 0 Å². The van der Waals surface area contributed by atoms with Gasteiger partial charge in [0.1, 0.15) is 5.78 Å². The lowest BCUT2D eigenvalue weighted by molar-refractivity contribution is -0.123. The van der Waals surface area contributed by atoms with Crippen molar-refractivity contribution >= 4 is 5.78 Å². The molecule has 0 heterocycles. The molecule has 1 fully saturated rings. The fraction of sp³-hybridized carbons (Fsp3) is 0.889. The van der Waals surface area contributed by atoms with E-state index in [1.54, 1.807) is 0 Å². The lowest BCUT2D eigenvalue weighted by atomic mass is 9.92. The van der Waals surface area contributed by atoms with E-state index in [1.807, 2.05) is 13.8 Å². The van der Waals surface area contributed by atoms with Crippen LogP contribution in [0.25, 0.3) is 0 Å². The van der Waals surface area contributed by atoms with Gasteiger partial charge >= 0.3 is 0 Å². The van der Waals surface area contributed by atoms with Crippen LogP contribution in [0.1, 0.15) is 27.7 Å². The molecule has 0 aliphatic heterocycles. The molecule has 0 spiro atoms. The Bertz CT molecular complexity index is 135. The van der Waals surface area contributed by atoms with Crippen molar-refractivity contribution in [3.8, 4) is 0 Å². The zero-order valence-corrected chi connectivity index (χ0v) is 7.22. The zero-order chi connectivity index (χ0) is 7.89. The standard InChI is InChI=1S/C9H16O/c1-5-6(2)8(4)9(10)7(5)3/h5-8H,1-4H3. The molecule has 0 bridgehead atoms. The van der Waals surface area contributed by atoms with Crippen LogP contribution in [-0.4, -0.2) is 5.78 Å². The van der Waals surface area contributed by atoms with Crippen molar-refractivity contribution in [2.75, 3.05) is 0 Å². The highest BCUT2D eigenvalue weighted by atomic mass is 16.1. The fourth-order valence-electron chi connectivity index (χ4n) is 1.84. The van der Waals surface area contributed by atoms with Crippen LogP contribution in [0.4, 0.5) is 0 Å². The van der Waals surface area contributed by atoms with Gasteiger partial charge in [-0.2, -0.15) is 0 Å². The monoisotopic (exact) mass is 140 g/mol. The number of ketones is 1. The normalized spacial score (nSPS) is 48.2. The third-order valence-electron chi connectivity index (χ3n) is 3.30. The molecule has 1 aliphatic carbocycles. The summed E-state index contributed by atoms with van der Waals surface area (Å²) >= 11 is 0. The van der Waals surface area contributed by atoms with Crippen molar-refractivity contribution in [1.82, 2.24) is 0 Å². The van der Waals surface area contributed by atoms with Gasteiger partial charge in [-0.3, -0.25) is 4.79 Å². The molecule has 10 heavy (non-hydrogen) atoms. The van der Waals surface area contributed by atoms with Crippen molar-refractivity contribution in [2.24, 2.45) is 23.7 Å². The first-order valence-electron chi connectivity index (χ1n) is 4.09. The predicted molar refractivity (Wildman–Crippen MR) is 41.7 cm³/mol. The molecule has 4 unspecified atom stereocenters. The molecule has 58 valence electrons. The number of hydrogen-bond acceptors (Lipinski definition) is 1. The summed E-state index contributed by atoms with van der Waals surface area (Å²) in [6, 6.07) is 0. The van der Waals surface area contributed by atoms with E-state index in [-0.39, 0.29) is 0 Å². The van der Waals surface area contributed by atoms with Gasteiger partial charge < -0.3 is 0 Å². The Morgan fingerprint density at radius 1 is 0.900 bits per heavy atom. The maximum absolute atomic E-state index is 11.3. The maximum Gasteiger partial charge on any atom is 0.139 e. The molecular weight excluding hydrogens is 124 g/mol. The molecule has 0 aromatic heterocycles. The summed E-state index contributed by atoms with van der Waals surface area (Å²) in [5, 5.41) is 0. The zero-order valence-electron chi connectivity index (χ0n) is 7.22. The molecule has 1 rings (SSSR count). The largest absolute Gasteiger partial charge is 0.299 e. The Hall–Kier alpha value is -0.330. The van der Waals surface area contributed by atoms with E-state index in [0.717, 1.165) is 0 Å². The quantitative estimate of drug-likeness (QED) is 0.503. The van der Waals surface area contributed by atoms with Crippen molar-refractivity contribution < 1.29 is 4.79 Å². The molecular formula is C9H16O. The van der Waals surface area contributed by atoms with Crippen LogP contribution in [0.5, 0.6) is 0 Å². The van der Waals surface area contributed by atoms with E-state index in [4.69, 9.17) is 0 Å². The van der Waals surface area contributed by atoms with Gasteiger partial charge in [-0.15, -0.1) is 0 Å². The Kier molecular flexibility index (Phi) is 1.84. The van der Waals surface area contributed by atoms with Crippen LogP contribution in [-0.2, 0) is 4.79 Å². The molecule has 0 saturated heterocycles. The molecule has 0 amide bonds. The van der Waals surface area contributed by atoms with Crippen LogP contribution < -0.4 is 0 Å². The van der Waals surface area contributed by atoms with Crippen LogP contribution in [0.3, 0.4) is 0 Å². The molecule has 0 aromatic rings. The van der Waals surface area contributed by atoms with Gasteiger partial charge in [0.15, 0.2) is 0 Å². The average molecular weight is 140 g/mol. The summed E-state index contributed by atoms with van der Waals surface area (Å²) in [6.07, 6.45) is 0. The van der Waals surface area contributed by atoms with Gasteiger partial charge in [-0.05, 0) is 11.8 Å². The maximum atomic E-state index is 11.3. The highest BCUT2D eigenvalue weighted by Crippen LogP contribution is 2.37. The van der Waals surface area contributed by atoms with E-state index < -0.39 is 0 Å². The molecule has 1 saturated carbocycles. The smallest absolute Gasteiger partial charge is 0.139 e. The Morgan fingerprint density at radius 3 is 1.30 bits per heavy atom. The minimum atomic E-state index is 0.296. The molecule has 4 atom stereocenters. The average Bonchev–Trinajstić information content (AvgIpc) is 2.07. The Balaban J connectivity index is 2.78. The van der Waals surface area contributed by atoms with Gasteiger partial charge in [-0.25, -0.2) is 0 Å². The minimum absolute atomic E-state index is 0.296. The molecule has 1 heteroatoms. The number of carbonyl (C=O) groups excluding carboxylic acids is 1. The van der Waals surface area contributed by atoms with Crippen LogP contribution in [0.15, 0.2) is 0 Å². The van der Waals surface area contributed by atoms with Gasteiger partial charge in [0.2, 0.25) is 0 Å². The van der Waals surface area contributed by atoms with E-state index >= 15 is 0 Å². The Morgan fingerprint density at radius 2 is 1.20 bits per heavy atom.